The second-order valence-corrected chi connectivity index (χ2v) is 6.49. The fourth-order valence-corrected chi connectivity index (χ4v) is 2.75. The van der Waals surface area contributed by atoms with Crippen LogP contribution < -0.4 is 10.6 Å². The Bertz CT molecular complexity index is 385. The molecule has 0 aromatic heterocycles. The molecule has 1 aliphatic heterocycles. The van der Waals surface area contributed by atoms with Crippen molar-refractivity contribution in [2.24, 2.45) is 4.99 Å². The van der Waals surface area contributed by atoms with Gasteiger partial charge in [0.1, 0.15) is 0 Å². The Morgan fingerprint density at radius 1 is 1.19 bits per heavy atom. The first-order valence-corrected chi connectivity index (χ1v) is 10.0. The van der Waals surface area contributed by atoms with E-state index >= 15 is 0 Å². The lowest BCUT2D eigenvalue weighted by molar-refractivity contribution is -0.140. The second kappa shape index (κ2) is 15.9. The van der Waals surface area contributed by atoms with Gasteiger partial charge in [-0.25, -0.2) is 0 Å². The minimum absolute atomic E-state index is 0.121. The highest BCUT2D eigenvalue weighted by molar-refractivity contribution is 5.79. The van der Waals surface area contributed by atoms with E-state index in [1.165, 1.54) is 7.11 Å². The van der Waals surface area contributed by atoms with Crippen molar-refractivity contribution < 1.29 is 19.0 Å². The van der Waals surface area contributed by atoms with E-state index in [2.05, 4.69) is 27.3 Å². The molecule has 152 valence electrons. The normalized spacial score (nSPS) is 17.3. The molecule has 1 atom stereocenters. The van der Waals surface area contributed by atoms with E-state index in [1.807, 2.05) is 0 Å². The topological polar surface area (TPSA) is 81.2 Å². The third kappa shape index (κ3) is 12.1. The molecule has 0 aromatic rings. The van der Waals surface area contributed by atoms with Gasteiger partial charge in [-0.05, 0) is 39.0 Å². The van der Waals surface area contributed by atoms with Crippen LogP contribution in [0.4, 0.5) is 0 Å². The number of esters is 1. The lowest BCUT2D eigenvalue weighted by Crippen LogP contribution is -2.37. The molecule has 0 spiro atoms. The van der Waals surface area contributed by atoms with Crippen molar-refractivity contribution in [3.63, 3.8) is 0 Å². The van der Waals surface area contributed by atoms with Gasteiger partial charge in [0.05, 0.1) is 19.8 Å². The second-order valence-electron chi connectivity index (χ2n) is 6.49. The van der Waals surface area contributed by atoms with Crippen LogP contribution in [-0.4, -0.2) is 64.6 Å². The molecule has 1 fully saturated rings. The highest BCUT2D eigenvalue weighted by Crippen LogP contribution is 2.11. The molecule has 7 nitrogen and oxygen atoms in total. The van der Waals surface area contributed by atoms with Crippen molar-refractivity contribution >= 4 is 11.9 Å². The van der Waals surface area contributed by atoms with E-state index in [4.69, 9.17) is 9.47 Å². The van der Waals surface area contributed by atoms with Crippen LogP contribution in [-0.2, 0) is 19.0 Å². The van der Waals surface area contributed by atoms with Crippen LogP contribution in [0.5, 0.6) is 0 Å². The predicted octanol–water partition coefficient (Wildman–Crippen LogP) is 2.25. The maximum absolute atomic E-state index is 11.0. The first-order chi connectivity index (χ1) is 12.8. The molecule has 1 unspecified atom stereocenters. The summed E-state index contributed by atoms with van der Waals surface area (Å²) in [6, 6.07) is 0. The fraction of sp³-hybridized carbons (Fsp3) is 0.895. The Morgan fingerprint density at radius 2 is 2.04 bits per heavy atom. The number of unbranched alkanes of at least 4 members (excludes halogenated alkanes) is 3. The van der Waals surface area contributed by atoms with Crippen molar-refractivity contribution in [2.45, 2.75) is 64.4 Å². The Labute approximate surface area is 158 Å². The maximum Gasteiger partial charge on any atom is 0.305 e. The van der Waals surface area contributed by atoms with Gasteiger partial charge in [-0.1, -0.05) is 12.8 Å². The number of methoxy groups -OCH3 is 1. The summed E-state index contributed by atoms with van der Waals surface area (Å²) in [7, 11) is 1.43. The highest BCUT2D eigenvalue weighted by atomic mass is 16.5. The molecule has 0 aromatic carbocycles. The molecule has 7 heteroatoms. The van der Waals surface area contributed by atoms with Crippen LogP contribution in [0.1, 0.15) is 58.3 Å². The number of hydrogen-bond acceptors (Lipinski definition) is 5. The summed E-state index contributed by atoms with van der Waals surface area (Å²) in [6.07, 6.45) is 8.11. The molecular weight excluding hydrogens is 334 g/mol. The van der Waals surface area contributed by atoms with Crippen LogP contribution in [0, 0.1) is 0 Å². The molecule has 0 aliphatic carbocycles. The van der Waals surface area contributed by atoms with Crippen molar-refractivity contribution in [3.8, 4) is 0 Å². The summed E-state index contributed by atoms with van der Waals surface area (Å²) in [4.78, 5) is 15.6. The average molecular weight is 372 g/mol. The molecule has 1 aliphatic rings. The molecule has 0 amide bonds. The van der Waals surface area contributed by atoms with Crippen molar-refractivity contribution in [3.05, 3.63) is 0 Å². The number of carbonyl (C=O) groups is 1. The Morgan fingerprint density at radius 3 is 2.77 bits per heavy atom. The van der Waals surface area contributed by atoms with Gasteiger partial charge in [0, 0.05) is 39.3 Å². The first-order valence-electron chi connectivity index (χ1n) is 10.0. The minimum Gasteiger partial charge on any atom is -0.469 e. The van der Waals surface area contributed by atoms with Gasteiger partial charge in [-0.15, -0.1) is 0 Å². The standard InChI is InChI=1S/C19H37N3O4/c1-3-20-19(21-12-7-5-4-6-11-18(23)24-2)22-13-9-14-25-16-17-10-8-15-26-17/h17H,3-16H2,1-2H3,(H2,20,21,22). The number of guanidine groups is 1. The molecule has 2 N–H and O–H groups in total. The SMILES string of the molecule is CCNC(=NCCCOCC1CCCO1)NCCCCCCC(=O)OC. The third-order valence-corrected chi connectivity index (χ3v) is 4.22. The van der Waals surface area contributed by atoms with Gasteiger partial charge in [-0.3, -0.25) is 9.79 Å². The molecule has 0 saturated carbocycles. The van der Waals surface area contributed by atoms with Crippen molar-refractivity contribution in [1.29, 1.82) is 0 Å². The lowest BCUT2D eigenvalue weighted by Gasteiger charge is -2.12. The van der Waals surface area contributed by atoms with E-state index in [9.17, 15) is 4.79 Å². The Balaban J connectivity index is 2.00. The molecular formula is C19H37N3O4. The molecule has 1 heterocycles. The Kier molecular flexibility index (Phi) is 13.9. The monoisotopic (exact) mass is 371 g/mol. The smallest absolute Gasteiger partial charge is 0.305 e. The minimum atomic E-state index is -0.121. The largest absolute Gasteiger partial charge is 0.469 e. The molecule has 1 rings (SSSR count). The third-order valence-electron chi connectivity index (χ3n) is 4.22. The van der Waals surface area contributed by atoms with Crippen LogP contribution in [0.2, 0.25) is 0 Å². The van der Waals surface area contributed by atoms with Gasteiger partial charge in [-0.2, -0.15) is 0 Å². The summed E-state index contributed by atoms with van der Waals surface area (Å²) in [5.74, 6) is 0.741. The summed E-state index contributed by atoms with van der Waals surface area (Å²) < 4.78 is 15.8. The average Bonchev–Trinajstić information content (AvgIpc) is 3.16. The zero-order chi connectivity index (χ0) is 18.9. The number of hydrogen-bond donors (Lipinski definition) is 2. The Hall–Kier alpha value is -1.34. The van der Waals surface area contributed by atoms with Gasteiger partial charge in [0.15, 0.2) is 5.96 Å². The van der Waals surface area contributed by atoms with Crippen LogP contribution in [0.3, 0.4) is 0 Å². The van der Waals surface area contributed by atoms with E-state index in [-0.39, 0.29) is 5.97 Å². The van der Waals surface area contributed by atoms with Gasteiger partial charge in [0.25, 0.3) is 0 Å². The number of nitrogens with zero attached hydrogens (tertiary/aromatic N) is 1. The maximum atomic E-state index is 11.0. The summed E-state index contributed by atoms with van der Waals surface area (Å²) in [5.41, 5.74) is 0. The summed E-state index contributed by atoms with van der Waals surface area (Å²) >= 11 is 0. The number of aliphatic imine (C=N–C) groups is 1. The van der Waals surface area contributed by atoms with Crippen LogP contribution >= 0.6 is 0 Å². The quantitative estimate of drug-likeness (QED) is 0.211. The highest BCUT2D eigenvalue weighted by Gasteiger charge is 2.14. The van der Waals surface area contributed by atoms with E-state index in [1.54, 1.807) is 0 Å². The lowest BCUT2D eigenvalue weighted by atomic mass is 10.1. The van der Waals surface area contributed by atoms with Gasteiger partial charge in [0.2, 0.25) is 0 Å². The first kappa shape index (κ1) is 22.7. The summed E-state index contributed by atoms with van der Waals surface area (Å²) in [6.45, 7) is 6.86. The molecule has 1 saturated heterocycles. The van der Waals surface area contributed by atoms with E-state index in [0.717, 1.165) is 83.8 Å². The van der Waals surface area contributed by atoms with Crippen LogP contribution in [0.15, 0.2) is 4.99 Å². The van der Waals surface area contributed by atoms with E-state index < -0.39 is 0 Å². The summed E-state index contributed by atoms with van der Waals surface area (Å²) in [5, 5.41) is 6.61. The predicted molar refractivity (Wildman–Crippen MR) is 103 cm³/mol. The fourth-order valence-electron chi connectivity index (χ4n) is 2.75. The van der Waals surface area contributed by atoms with Crippen LogP contribution in [0.25, 0.3) is 0 Å². The zero-order valence-electron chi connectivity index (χ0n) is 16.6. The molecule has 0 bridgehead atoms. The number of rotatable bonds is 14. The van der Waals surface area contributed by atoms with E-state index in [0.29, 0.717) is 19.1 Å². The van der Waals surface area contributed by atoms with Gasteiger partial charge >= 0.3 is 5.97 Å². The number of carbonyl (C=O) groups excluding carboxylic acids is 1. The zero-order valence-corrected chi connectivity index (χ0v) is 16.6. The van der Waals surface area contributed by atoms with Gasteiger partial charge < -0.3 is 24.8 Å². The molecule has 0 radical (unpaired) electrons. The number of ether oxygens (including phenoxy) is 3. The van der Waals surface area contributed by atoms with Crippen molar-refractivity contribution in [2.75, 3.05) is 46.6 Å². The molecule has 26 heavy (non-hydrogen) atoms. The van der Waals surface area contributed by atoms with Crippen molar-refractivity contribution in [1.82, 2.24) is 10.6 Å². The number of nitrogens with one attached hydrogen (secondary N) is 2.